The lowest BCUT2D eigenvalue weighted by Crippen LogP contribution is -2.37. The first kappa shape index (κ1) is 13.5. The van der Waals surface area contributed by atoms with Gasteiger partial charge in [-0.2, -0.15) is 4.98 Å². The predicted octanol–water partition coefficient (Wildman–Crippen LogP) is 0.0947. The zero-order valence-electron chi connectivity index (χ0n) is 11.2. The zero-order valence-corrected chi connectivity index (χ0v) is 11.2. The molecule has 0 amide bonds. The number of aromatic nitrogens is 2. The predicted molar refractivity (Wildman–Crippen MR) is 67.5 cm³/mol. The van der Waals surface area contributed by atoms with Crippen LogP contribution in [-0.2, 0) is 17.6 Å². The molecule has 0 aromatic carbocycles. The minimum atomic E-state index is 0.359. The third-order valence-corrected chi connectivity index (χ3v) is 3.24. The van der Waals surface area contributed by atoms with Crippen LogP contribution < -0.4 is 5.32 Å². The second kappa shape index (κ2) is 6.82. The summed E-state index contributed by atoms with van der Waals surface area (Å²) in [6.45, 7) is 6.73. The molecule has 1 aliphatic rings. The standard InChI is InChI=1S/C12H22N4O2/c1-10(13-2)9-12-14-11(15-18-12)3-4-16-5-7-17-8-6-16/h10,13H,3-9H2,1-2H3. The second-order valence-electron chi connectivity index (χ2n) is 4.70. The maximum absolute atomic E-state index is 5.31. The van der Waals surface area contributed by atoms with Crippen molar-refractivity contribution in [3.63, 3.8) is 0 Å². The lowest BCUT2D eigenvalue weighted by atomic mass is 10.2. The van der Waals surface area contributed by atoms with Crippen LogP contribution in [-0.4, -0.2) is 61.0 Å². The molecule has 18 heavy (non-hydrogen) atoms. The van der Waals surface area contributed by atoms with Gasteiger partial charge in [-0.05, 0) is 14.0 Å². The summed E-state index contributed by atoms with van der Waals surface area (Å²) in [6, 6.07) is 0.359. The summed E-state index contributed by atoms with van der Waals surface area (Å²) in [5, 5.41) is 7.17. The summed E-state index contributed by atoms with van der Waals surface area (Å²) in [4.78, 5) is 6.78. The summed E-state index contributed by atoms with van der Waals surface area (Å²) in [5.41, 5.74) is 0. The second-order valence-corrected chi connectivity index (χ2v) is 4.70. The van der Waals surface area contributed by atoms with E-state index in [0.29, 0.717) is 11.9 Å². The van der Waals surface area contributed by atoms with Gasteiger partial charge >= 0.3 is 0 Å². The van der Waals surface area contributed by atoms with Gasteiger partial charge < -0.3 is 14.6 Å². The van der Waals surface area contributed by atoms with Gasteiger partial charge in [0.25, 0.3) is 0 Å². The molecule has 102 valence electrons. The Morgan fingerprint density at radius 3 is 2.89 bits per heavy atom. The maximum Gasteiger partial charge on any atom is 0.228 e. The molecule has 1 fully saturated rings. The molecule has 0 bridgehead atoms. The van der Waals surface area contributed by atoms with Gasteiger partial charge in [-0.25, -0.2) is 0 Å². The van der Waals surface area contributed by atoms with Crippen LogP contribution in [0.2, 0.25) is 0 Å². The highest BCUT2D eigenvalue weighted by atomic mass is 16.5. The Bertz CT molecular complexity index is 350. The number of morpholine rings is 1. The molecule has 1 N–H and O–H groups in total. The molecule has 0 radical (unpaired) electrons. The minimum Gasteiger partial charge on any atom is -0.379 e. The van der Waals surface area contributed by atoms with Crippen LogP contribution in [0.15, 0.2) is 4.52 Å². The first-order valence-electron chi connectivity index (χ1n) is 6.56. The normalized spacial score (nSPS) is 19.0. The van der Waals surface area contributed by atoms with Crippen molar-refractivity contribution >= 4 is 0 Å². The van der Waals surface area contributed by atoms with E-state index in [1.807, 2.05) is 7.05 Å². The number of ether oxygens (including phenoxy) is 1. The van der Waals surface area contributed by atoms with Crippen molar-refractivity contribution in [2.24, 2.45) is 0 Å². The molecule has 1 unspecified atom stereocenters. The molecule has 1 aliphatic heterocycles. The third kappa shape index (κ3) is 4.04. The fourth-order valence-corrected chi connectivity index (χ4v) is 1.92. The van der Waals surface area contributed by atoms with Gasteiger partial charge in [0.1, 0.15) is 0 Å². The molecule has 1 aromatic rings. The van der Waals surface area contributed by atoms with Crippen LogP contribution >= 0.6 is 0 Å². The molecular formula is C12H22N4O2. The molecule has 1 atom stereocenters. The van der Waals surface area contributed by atoms with Gasteiger partial charge in [-0.3, -0.25) is 4.90 Å². The summed E-state index contributed by atoms with van der Waals surface area (Å²) < 4.78 is 10.5. The van der Waals surface area contributed by atoms with Gasteiger partial charge in [-0.1, -0.05) is 5.16 Å². The van der Waals surface area contributed by atoms with E-state index in [-0.39, 0.29) is 0 Å². The van der Waals surface area contributed by atoms with Crippen LogP contribution in [0, 0.1) is 0 Å². The van der Waals surface area contributed by atoms with Crippen molar-refractivity contribution in [1.29, 1.82) is 0 Å². The van der Waals surface area contributed by atoms with E-state index >= 15 is 0 Å². The zero-order chi connectivity index (χ0) is 12.8. The summed E-state index contributed by atoms with van der Waals surface area (Å²) >= 11 is 0. The molecule has 0 saturated carbocycles. The van der Waals surface area contributed by atoms with E-state index in [2.05, 4.69) is 27.3 Å². The van der Waals surface area contributed by atoms with Crippen molar-refractivity contribution < 1.29 is 9.26 Å². The molecule has 6 nitrogen and oxygen atoms in total. The van der Waals surface area contributed by atoms with Crippen LogP contribution in [0.1, 0.15) is 18.6 Å². The van der Waals surface area contributed by atoms with E-state index in [1.165, 1.54) is 0 Å². The average molecular weight is 254 g/mol. The molecular weight excluding hydrogens is 232 g/mol. The van der Waals surface area contributed by atoms with Gasteiger partial charge in [-0.15, -0.1) is 0 Å². The van der Waals surface area contributed by atoms with E-state index in [9.17, 15) is 0 Å². The van der Waals surface area contributed by atoms with E-state index in [0.717, 1.165) is 51.5 Å². The largest absolute Gasteiger partial charge is 0.379 e. The maximum atomic E-state index is 5.31. The van der Waals surface area contributed by atoms with Crippen LogP contribution in [0.4, 0.5) is 0 Å². The number of hydrogen-bond donors (Lipinski definition) is 1. The van der Waals surface area contributed by atoms with E-state index in [1.54, 1.807) is 0 Å². The fraction of sp³-hybridized carbons (Fsp3) is 0.833. The highest BCUT2D eigenvalue weighted by molar-refractivity contribution is 4.89. The Balaban J connectivity index is 1.75. The Labute approximate surface area is 108 Å². The van der Waals surface area contributed by atoms with Crippen LogP contribution in [0.5, 0.6) is 0 Å². The van der Waals surface area contributed by atoms with Gasteiger partial charge in [0.2, 0.25) is 5.89 Å². The van der Waals surface area contributed by atoms with E-state index in [4.69, 9.17) is 9.26 Å². The topological polar surface area (TPSA) is 63.4 Å². The lowest BCUT2D eigenvalue weighted by Gasteiger charge is -2.25. The number of nitrogens with zero attached hydrogens (tertiary/aromatic N) is 3. The Morgan fingerprint density at radius 1 is 1.39 bits per heavy atom. The molecule has 1 saturated heterocycles. The molecule has 0 aliphatic carbocycles. The number of rotatable bonds is 6. The first-order chi connectivity index (χ1) is 8.78. The van der Waals surface area contributed by atoms with Gasteiger partial charge in [0.05, 0.1) is 13.2 Å². The van der Waals surface area contributed by atoms with Gasteiger partial charge in [0, 0.05) is 38.5 Å². The summed E-state index contributed by atoms with van der Waals surface area (Å²) in [5.74, 6) is 1.52. The molecule has 1 aromatic heterocycles. The Hall–Kier alpha value is -0.980. The molecule has 2 rings (SSSR count). The Morgan fingerprint density at radius 2 is 2.17 bits per heavy atom. The highest BCUT2D eigenvalue weighted by Crippen LogP contribution is 2.04. The van der Waals surface area contributed by atoms with E-state index < -0.39 is 0 Å². The highest BCUT2D eigenvalue weighted by Gasteiger charge is 2.13. The summed E-state index contributed by atoms with van der Waals surface area (Å²) in [7, 11) is 1.93. The van der Waals surface area contributed by atoms with Crippen molar-refractivity contribution in [2.45, 2.75) is 25.8 Å². The number of nitrogens with one attached hydrogen (secondary N) is 1. The fourth-order valence-electron chi connectivity index (χ4n) is 1.92. The van der Waals surface area contributed by atoms with Gasteiger partial charge in [0.15, 0.2) is 5.82 Å². The smallest absolute Gasteiger partial charge is 0.228 e. The summed E-state index contributed by atoms with van der Waals surface area (Å²) in [6.07, 6.45) is 1.62. The van der Waals surface area contributed by atoms with Crippen molar-refractivity contribution in [2.75, 3.05) is 39.9 Å². The third-order valence-electron chi connectivity index (χ3n) is 3.24. The van der Waals surface area contributed by atoms with Crippen molar-refractivity contribution in [3.05, 3.63) is 11.7 Å². The van der Waals surface area contributed by atoms with Crippen LogP contribution in [0.25, 0.3) is 0 Å². The minimum absolute atomic E-state index is 0.359. The molecule has 6 heteroatoms. The SMILES string of the molecule is CNC(C)Cc1nc(CCN2CCOCC2)no1. The van der Waals surface area contributed by atoms with Crippen LogP contribution in [0.3, 0.4) is 0 Å². The quantitative estimate of drug-likeness (QED) is 0.776. The van der Waals surface area contributed by atoms with Crippen molar-refractivity contribution in [1.82, 2.24) is 20.4 Å². The number of likely N-dealkylation sites (N-methyl/N-ethyl adjacent to an activating group) is 1. The van der Waals surface area contributed by atoms with Crippen molar-refractivity contribution in [3.8, 4) is 0 Å². The average Bonchev–Trinajstić information content (AvgIpc) is 2.85. The monoisotopic (exact) mass is 254 g/mol. The lowest BCUT2D eigenvalue weighted by molar-refractivity contribution is 0.0381. The molecule has 0 spiro atoms. The molecule has 2 heterocycles. The Kier molecular flexibility index (Phi) is 5.10. The number of hydrogen-bond acceptors (Lipinski definition) is 6. The first-order valence-corrected chi connectivity index (χ1v) is 6.56.